The second kappa shape index (κ2) is 24.3. The monoisotopic (exact) mass is 1070 g/mol. The average Bonchev–Trinajstić information content (AvgIpc) is 3.42. The van der Waals surface area contributed by atoms with Crippen molar-refractivity contribution < 1.29 is 71.8 Å². The van der Waals surface area contributed by atoms with Crippen LogP contribution in [-0.2, 0) is 58.8 Å². The Balaban J connectivity index is 1.33. The summed E-state index contributed by atoms with van der Waals surface area (Å²) in [5.41, 5.74) is -4.24. The van der Waals surface area contributed by atoms with E-state index in [2.05, 4.69) is 22.2 Å². The van der Waals surface area contributed by atoms with Crippen LogP contribution >= 0.6 is 0 Å². The van der Waals surface area contributed by atoms with Gasteiger partial charge in [0.05, 0.1) is 29.8 Å². The summed E-state index contributed by atoms with van der Waals surface area (Å²) >= 11 is 0. The molecule has 4 aliphatic rings. The number of nitrogens with zero attached hydrogens (tertiary/aromatic N) is 2. The zero-order chi connectivity index (χ0) is 56.0. The number of rotatable bonds is 18. The van der Waals surface area contributed by atoms with E-state index >= 15 is 9.59 Å². The number of carbonyl (C=O) groups excluding carboxylic acids is 6. The van der Waals surface area contributed by atoms with Crippen LogP contribution in [0.15, 0.2) is 96.1 Å². The van der Waals surface area contributed by atoms with Crippen molar-refractivity contribution in [3.63, 3.8) is 0 Å². The first-order valence-electron chi connectivity index (χ1n) is 26.5. The number of hydrogen-bond acceptors (Lipinski definition) is 17. The van der Waals surface area contributed by atoms with Crippen molar-refractivity contribution in [1.29, 1.82) is 0 Å². The molecule has 77 heavy (non-hydrogen) atoms. The van der Waals surface area contributed by atoms with Crippen molar-refractivity contribution in [2.24, 2.45) is 11.3 Å². The molecule has 18 heteroatoms. The molecular formula is C59H77N3O15. The molecule has 10 atom stereocenters. The quantitative estimate of drug-likeness (QED) is 0.0748. The van der Waals surface area contributed by atoms with Gasteiger partial charge in [-0.05, 0) is 87.7 Å². The molecule has 0 spiro atoms. The molecule has 18 nitrogen and oxygen atoms in total. The van der Waals surface area contributed by atoms with Crippen molar-refractivity contribution in [2.75, 3.05) is 54.1 Å². The highest BCUT2D eigenvalue weighted by Gasteiger charge is 2.70. The number of ether oxygens (including phenoxy) is 8. The summed E-state index contributed by atoms with van der Waals surface area (Å²) in [6.45, 7) is 17.3. The Morgan fingerprint density at radius 2 is 1.49 bits per heavy atom. The predicted octanol–water partition coefficient (Wildman–Crippen LogP) is 6.96. The summed E-state index contributed by atoms with van der Waals surface area (Å²) in [6, 6.07) is 22.0. The maximum atomic E-state index is 15.4. The normalized spacial score (nSPS) is 26.9. The molecule has 2 aliphatic carbocycles. The molecule has 2 aliphatic heterocycles. The van der Waals surface area contributed by atoms with Gasteiger partial charge in [0.1, 0.15) is 41.7 Å². The Morgan fingerprint density at radius 1 is 0.870 bits per heavy atom. The van der Waals surface area contributed by atoms with Gasteiger partial charge < -0.3 is 53.2 Å². The van der Waals surface area contributed by atoms with E-state index in [-0.39, 0.29) is 35.8 Å². The van der Waals surface area contributed by atoms with E-state index in [1.165, 1.54) is 14.0 Å². The SMILES string of the molecule is CCC(CC1OCC1(OC(C)=O)C1CC(=O)C(OC)C2=C(C)C(OC(=O)C(OC(=O)c3ccc(CN4CCN(C)CC4)cc3)C(NC(=O)OC(C)(C)C)c3ccccc3)CC(O)(C1OC(=O)c1ccccc1)C2(C)C)OC. The minimum Gasteiger partial charge on any atom is -0.455 e. The number of fused-ring (bicyclic) bond motifs is 2. The number of piperazine rings is 1. The minimum absolute atomic E-state index is 0.120. The lowest BCUT2D eigenvalue weighted by molar-refractivity contribution is -0.305. The minimum atomic E-state index is -2.26. The van der Waals surface area contributed by atoms with E-state index in [0.29, 0.717) is 24.1 Å². The lowest BCUT2D eigenvalue weighted by atomic mass is 9.52. The Morgan fingerprint density at radius 3 is 2.05 bits per heavy atom. The molecule has 3 fully saturated rings. The fraction of sp³-hybridized carbons (Fsp3) is 0.559. The molecule has 10 unspecified atom stereocenters. The van der Waals surface area contributed by atoms with Gasteiger partial charge in [-0.25, -0.2) is 19.2 Å². The number of aliphatic hydroxyl groups is 1. The van der Waals surface area contributed by atoms with E-state index in [1.54, 1.807) is 121 Å². The molecule has 0 radical (unpaired) electrons. The number of nitrogens with one attached hydrogen (secondary N) is 1. The topological polar surface area (TPSA) is 215 Å². The molecule has 7 rings (SSSR count). The third kappa shape index (κ3) is 13.0. The van der Waals surface area contributed by atoms with Crippen LogP contribution in [-0.4, -0.2) is 158 Å². The highest BCUT2D eigenvalue weighted by atomic mass is 16.6. The summed E-state index contributed by atoms with van der Waals surface area (Å²) in [5, 5.41) is 16.7. The van der Waals surface area contributed by atoms with Crippen molar-refractivity contribution in [3.8, 4) is 0 Å². The number of esters is 4. The number of amides is 1. The number of benzene rings is 3. The molecule has 2 bridgehead atoms. The summed E-state index contributed by atoms with van der Waals surface area (Å²) in [4.78, 5) is 91.2. The van der Waals surface area contributed by atoms with Crippen molar-refractivity contribution in [1.82, 2.24) is 15.1 Å². The first-order chi connectivity index (χ1) is 36.4. The van der Waals surface area contributed by atoms with E-state index in [9.17, 15) is 24.3 Å². The number of methoxy groups -OCH3 is 2. The molecule has 3 aromatic rings. The van der Waals surface area contributed by atoms with Crippen molar-refractivity contribution in [2.45, 2.75) is 147 Å². The molecule has 418 valence electrons. The zero-order valence-electron chi connectivity index (χ0n) is 46.3. The zero-order valence-corrected chi connectivity index (χ0v) is 46.3. The molecule has 3 aromatic carbocycles. The molecule has 1 saturated carbocycles. The maximum Gasteiger partial charge on any atom is 0.408 e. The van der Waals surface area contributed by atoms with E-state index in [1.807, 2.05) is 19.1 Å². The number of alkyl carbamates (subject to hydrolysis) is 1. The Bertz CT molecular complexity index is 2610. The number of likely N-dealkylation sites (N-methyl/N-ethyl adjacent to an activating group) is 1. The summed E-state index contributed by atoms with van der Waals surface area (Å²) in [5.74, 6) is -5.37. The standard InChI is InChI=1S/C59H77N3O15/c1-12-42(70-10)31-46-58(35-72-46,76-37(3)63)43-32-44(64)49(71-11)47-36(2)45(33-59(69,57(47,7)8)51(43)75-53(66)40-21-17-14-18-22-40)73-54(67)50(48(39-19-15-13-16-20-39)60-55(68)77-56(4,5)6)74-52(65)41-25-23-38(24-26-41)34-62-29-27-61(9)28-30-62/h13-26,42-43,45-46,48-51,69H,12,27-35H2,1-11H3,(H,60,68). The van der Waals surface area contributed by atoms with Crippen LogP contribution in [0.5, 0.6) is 0 Å². The van der Waals surface area contributed by atoms with Crippen LogP contribution in [0, 0.1) is 11.3 Å². The summed E-state index contributed by atoms with van der Waals surface area (Å²) in [6.07, 6.45) is -8.63. The number of carbonyl (C=O) groups is 6. The van der Waals surface area contributed by atoms with Crippen LogP contribution in [0.1, 0.15) is 119 Å². The Hall–Kier alpha value is -6.02. The van der Waals surface area contributed by atoms with Gasteiger partial charge in [-0.2, -0.15) is 0 Å². The van der Waals surface area contributed by atoms with E-state index in [4.69, 9.17) is 37.9 Å². The second-order valence-electron chi connectivity index (χ2n) is 22.3. The molecule has 2 saturated heterocycles. The number of Topliss-reactive ketones (excluding diaryl/α,β-unsaturated/α-hetero) is 1. The smallest absolute Gasteiger partial charge is 0.408 e. The first kappa shape index (κ1) is 58.7. The Kier molecular flexibility index (Phi) is 18.5. The van der Waals surface area contributed by atoms with Crippen molar-refractivity contribution >= 4 is 35.8 Å². The van der Waals surface area contributed by atoms with Gasteiger partial charge in [0.2, 0.25) is 6.10 Å². The van der Waals surface area contributed by atoms with Gasteiger partial charge >= 0.3 is 30.0 Å². The summed E-state index contributed by atoms with van der Waals surface area (Å²) < 4.78 is 49.2. The lowest BCUT2D eigenvalue weighted by Gasteiger charge is -2.61. The van der Waals surface area contributed by atoms with Gasteiger partial charge in [0.15, 0.2) is 11.4 Å². The van der Waals surface area contributed by atoms with Gasteiger partial charge in [0, 0.05) is 78.5 Å². The average molecular weight is 1070 g/mol. The summed E-state index contributed by atoms with van der Waals surface area (Å²) in [7, 11) is 4.98. The molecule has 0 aromatic heterocycles. The van der Waals surface area contributed by atoms with Gasteiger partial charge in [0.25, 0.3) is 0 Å². The van der Waals surface area contributed by atoms with Gasteiger partial charge in [-0.3, -0.25) is 14.5 Å². The largest absolute Gasteiger partial charge is 0.455 e. The predicted molar refractivity (Wildman–Crippen MR) is 282 cm³/mol. The molecule has 2 N–H and O–H groups in total. The van der Waals surface area contributed by atoms with E-state index in [0.717, 1.165) is 31.7 Å². The fourth-order valence-corrected chi connectivity index (χ4v) is 11.4. The van der Waals surface area contributed by atoms with Crippen LogP contribution in [0.3, 0.4) is 0 Å². The maximum absolute atomic E-state index is 15.4. The van der Waals surface area contributed by atoms with Crippen LogP contribution in [0.25, 0.3) is 0 Å². The highest BCUT2D eigenvalue weighted by Crippen LogP contribution is 2.58. The first-order valence-corrected chi connectivity index (χ1v) is 26.5. The van der Waals surface area contributed by atoms with E-state index < -0.39 is 113 Å². The molecular weight excluding hydrogens is 991 g/mol. The van der Waals surface area contributed by atoms with Gasteiger partial charge in [-0.1, -0.05) is 81.4 Å². The lowest BCUT2D eigenvalue weighted by Crippen LogP contribution is -2.74. The Labute approximate surface area is 452 Å². The van der Waals surface area contributed by atoms with Gasteiger partial charge in [-0.15, -0.1) is 0 Å². The third-order valence-electron chi connectivity index (χ3n) is 15.8. The second-order valence-corrected chi connectivity index (χ2v) is 22.3. The molecule has 1 amide bonds. The van der Waals surface area contributed by atoms with Crippen LogP contribution < -0.4 is 5.32 Å². The van der Waals surface area contributed by atoms with Crippen LogP contribution in [0.4, 0.5) is 4.79 Å². The molecule has 2 heterocycles. The fourth-order valence-electron chi connectivity index (χ4n) is 11.4. The number of ketones is 1. The number of hydrogen-bond donors (Lipinski definition) is 2. The van der Waals surface area contributed by atoms with Crippen LogP contribution in [0.2, 0.25) is 0 Å². The van der Waals surface area contributed by atoms with Crippen molar-refractivity contribution in [3.05, 3.63) is 118 Å². The highest BCUT2D eigenvalue weighted by molar-refractivity contribution is 5.92. The third-order valence-corrected chi connectivity index (χ3v) is 15.8.